The third kappa shape index (κ3) is 2.81. The maximum Gasteiger partial charge on any atom is 0.168 e. The molecule has 4 heteroatoms. The zero-order chi connectivity index (χ0) is 12.5. The van der Waals surface area contributed by atoms with E-state index in [2.05, 4.69) is 18.9 Å². The summed E-state index contributed by atoms with van der Waals surface area (Å²) in [7, 11) is 2.11. The lowest BCUT2D eigenvalue weighted by Gasteiger charge is -2.41. The van der Waals surface area contributed by atoms with Crippen molar-refractivity contribution in [2.75, 3.05) is 20.3 Å². The van der Waals surface area contributed by atoms with E-state index in [1.807, 2.05) is 6.92 Å². The molecule has 1 N–H and O–H groups in total. The minimum absolute atomic E-state index is 0.208. The lowest BCUT2D eigenvalue weighted by Crippen LogP contribution is -2.48. The second-order valence-electron chi connectivity index (χ2n) is 5.49. The lowest BCUT2D eigenvalue weighted by molar-refractivity contribution is -0.184. The Bertz CT molecular complexity index is 241. The number of ether oxygens (including phenoxy) is 2. The molecule has 1 aliphatic heterocycles. The molecule has 0 amide bonds. The van der Waals surface area contributed by atoms with E-state index in [9.17, 15) is 5.11 Å². The number of hydrogen-bond donors (Lipinski definition) is 1. The van der Waals surface area contributed by atoms with Gasteiger partial charge < -0.3 is 14.6 Å². The molecule has 2 rings (SSSR count). The van der Waals surface area contributed by atoms with Gasteiger partial charge >= 0.3 is 0 Å². The lowest BCUT2D eigenvalue weighted by atomic mass is 9.88. The van der Waals surface area contributed by atoms with Gasteiger partial charge in [0.25, 0.3) is 0 Å². The Morgan fingerprint density at radius 3 is 2.18 bits per heavy atom. The van der Waals surface area contributed by atoms with Crippen LogP contribution in [0.25, 0.3) is 0 Å². The molecule has 1 aliphatic carbocycles. The van der Waals surface area contributed by atoms with Gasteiger partial charge in [-0.15, -0.1) is 0 Å². The minimum atomic E-state index is -0.283. The smallest absolute Gasteiger partial charge is 0.168 e. The van der Waals surface area contributed by atoms with Crippen molar-refractivity contribution >= 4 is 0 Å². The van der Waals surface area contributed by atoms with Crippen LogP contribution in [0.5, 0.6) is 0 Å². The van der Waals surface area contributed by atoms with E-state index in [0.717, 1.165) is 38.9 Å². The second kappa shape index (κ2) is 5.22. The molecule has 4 nitrogen and oxygen atoms in total. The predicted molar refractivity (Wildman–Crippen MR) is 65.8 cm³/mol. The Morgan fingerprint density at radius 2 is 1.71 bits per heavy atom. The van der Waals surface area contributed by atoms with Crippen molar-refractivity contribution in [1.82, 2.24) is 4.90 Å². The summed E-state index contributed by atoms with van der Waals surface area (Å²) in [6.07, 6.45) is 3.86. The van der Waals surface area contributed by atoms with Crippen LogP contribution in [0.3, 0.4) is 0 Å². The highest BCUT2D eigenvalue weighted by Crippen LogP contribution is 2.37. The minimum Gasteiger partial charge on any atom is -0.392 e. The molecule has 17 heavy (non-hydrogen) atoms. The van der Waals surface area contributed by atoms with Crippen LogP contribution < -0.4 is 0 Å². The summed E-state index contributed by atoms with van der Waals surface area (Å²) in [6.45, 7) is 5.42. The number of rotatable bonds is 3. The molecule has 1 saturated heterocycles. The third-order valence-electron chi connectivity index (χ3n) is 4.45. The van der Waals surface area contributed by atoms with Crippen molar-refractivity contribution in [3.63, 3.8) is 0 Å². The molecule has 100 valence electrons. The fourth-order valence-corrected chi connectivity index (χ4v) is 2.91. The Balaban J connectivity index is 1.86. The Hall–Kier alpha value is -0.160. The van der Waals surface area contributed by atoms with Gasteiger partial charge in [0.2, 0.25) is 0 Å². The van der Waals surface area contributed by atoms with Crippen molar-refractivity contribution in [3.8, 4) is 0 Å². The largest absolute Gasteiger partial charge is 0.392 e. The van der Waals surface area contributed by atoms with Gasteiger partial charge in [0.05, 0.1) is 19.3 Å². The molecule has 2 fully saturated rings. The monoisotopic (exact) mass is 243 g/mol. The summed E-state index contributed by atoms with van der Waals surface area (Å²) in [6, 6.07) is 0.748. The fourth-order valence-electron chi connectivity index (χ4n) is 2.91. The van der Waals surface area contributed by atoms with Crippen molar-refractivity contribution in [1.29, 1.82) is 0 Å². The van der Waals surface area contributed by atoms with E-state index in [1.165, 1.54) is 0 Å². The molecule has 1 saturated carbocycles. The number of aliphatic hydroxyl groups excluding tert-OH is 1. The molecule has 0 aromatic rings. The SMILES string of the molecule is CC(O)C(C)N(C)C1CCC2(CC1)OCCO2. The van der Waals surface area contributed by atoms with Crippen LogP contribution in [0, 0.1) is 0 Å². The summed E-state index contributed by atoms with van der Waals surface area (Å²) >= 11 is 0. The summed E-state index contributed by atoms with van der Waals surface area (Å²) < 4.78 is 11.5. The van der Waals surface area contributed by atoms with Crippen LogP contribution >= 0.6 is 0 Å². The quantitative estimate of drug-likeness (QED) is 0.813. The summed E-state index contributed by atoms with van der Waals surface area (Å²) in [5.74, 6) is -0.272. The maximum absolute atomic E-state index is 9.64. The average molecular weight is 243 g/mol. The van der Waals surface area contributed by atoms with Crippen LogP contribution in [0.15, 0.2) is 0 Å². The number of nitrogens with zero attached hydrogens (tertiary/aromatic N) is 1. The topological polar surface area (TPSA) is 41.9 Å². The van der Waals surface area contributed by atoms with E-state index in [4.69, 9.17) is 9.47 Å². The molecular weight excluding hydrogens is 218 g/mol. The van der Waals surface area contributed by atoms with Crippen molar-refractivity contribution < 1.29 is 14.6 Å². The van der Waals surface area contributed by atoms with E-state index in [1.54, 1.807) is 0 Å². The summed E-state index contributed by atoms with van der Waals surface area (Å²) in [4.78, 5) is 2.30. The molecular formula is C13H25NO3. The van der Waals surface area contributed by atoms with Crippen molar-refractivity contribution in [2.45, 2.75) is 63.5 Å². The standard InChI is InChI=1S/C13H25NO3/c1-10(11(2)15)14(3)12-4-6-13(7-5-12)16-8-9-17-13/h10-12,15H,4-9H2,1-3H3. The average Bonchev–Trinajstić information content (AvgIpc) is 2.76. The first-order valence-corrected chi connectivity index (χ1v) is 6.72. The summed E-state index contributed by atoms with van der Waals surface area (Å²) in [5, 5.41) is 9.64. The van der Waals surface area contributed by atoms with Gasteiger partial charge in [-0.05, 0) is 33.7 Å². The van der Waals surface area contributed by atoms with Gasteiger partial charge in [-0.2, -0.15) is 0 Å². The number of aliphatic hydroxyl groups is 1. The zero-order valence-electron chi connectivity index (χ0n) is 11.2. The summed E-state index contributed by atoms with van der Waals surface area (Å²) in [5.41, 5.74) is 0. The van der Waals surface area contributed by atoms with Gasteiger partial charge in [-0.25, -0.2) is 0 Å². The van der Waals surface area contributed by atoms with Crippen LogP contribution in [0.2, 0.25) is 0 Å². The van der Waals surface area contributed by atoms with Crippen LogP contribution in [-0.4, -0.2) is 54.2 Å². The van der Waals surface area contributed by atoms with E-state index in [0.29, 0.717) is 6.04 Å². The van der Waals surface area contributed by atoms with Crippen LogP contribution in [0.1, 0.15) is 39.5 Å². The van der Waals surface area contributed by atoms with E-state index < -0.39 is 0 Å². The molecule has 0 bridgehead atoms. The third-order valence-corrected chi connectivity index (χ3v) is 4.45. The van der Waals surface area contributed by atoms with E-state index in [-0.39, 0.29) is 17.9 Å². The first-order chi connectivity index (χ1) is 8.04. The first kappa shape index (κ1) is 13.3. The highest BCUT2D eigenvalue weighted by Gasteiger charge is 2.41. The van der Waals surface area contributed by atoms with Crippen molar-refractivity contribution in [2.24, 2.45) is 0 Å². The fraction of sp³-hybridized carbons (Fsp3) is 1.00. The second-order valence-corrected chi connectivity index (χ2v) is 5.49. The first-order valence-electron chi connectivity index (χ1n) is 6.72. The molecule has 0 aromatic heterocycles. The Labute approximate surface area is 104 Å². The van der Waals surface area contributed by atoms with Crippen LogP contribution in [-0.2, 0) is 9.47 Å². The molecule has 2 unspecified atom stereocenters. The molecule has 2 atom stereocenters. The Kier molecular flexibility index (Phi) is 4.08. The maximum atomic E-state index is 9.64. The van der Waals surface area contributed by atoms with Gasteiger partial charge in [0.15, 0.2) is 5.79 Å². The van der Waals surface area contributed by atoms with Gasteiger partial charge in [-0.1, -0.05) is 0 Å². The molecule has 0 radical (unpaired) electrons. The molecule has 2 aliphatic rings. The number of hydrogen-bond acceptors (Lipinski definition) is 4. The zero-order valence-corrected chi connectivity index (χ0v) is 11.2. The van der Waals surface area contributed by atoms with Crippen molar-refractivity contribution in [3.05, 3.63) is 0 Å². The van der Waals surface area contributed by atoms with E-state index >= 15 is 0 Å². The van der Waals surface area contributed by atoms with Gasteiger partial charge in [0, 0.05) is 24.9 Å². The van der Waals surface area contributed by atoms with Gasteiger partial charge in [0.1, 0.15) is 0 Å². The molecule has 1 spiro atoms. The predicted octanol–water partition coefficient (Wildman–Crippen LogP) is 1.37. The highest BCUT2D eigenvalue weighted by molar-refractivity contribution is 4.87. The van der Waals surface area contributed by atoms with Gasteiger partial charge in [-0.3, -0.25) is 4.90 Å². The molecule has 1 heterocycles. The number of likely N-dealkylation sites (N-methyl/N-ethyl adjacent to an activating group) is 1. The molecule has 0 aromatic carbocycles. The Morgan fingerprint density at radius 1 is 1.18 bits per heavy atom. The normalized spacial score (nSPS) is 28.8. The highest BCUT2D eigenvalue weighted by atomic mass is 16.7. The van der Waals surface area contributed by atoms with Crippen LogP contribution in [0.4, 0.5) is 0 Å².